The van der Waals surface area contributed by atoms with Gasteiger partial charge in [0, 0.05) is 18.1 Å². The van der Waals surface area contributed by atoms with Crippen molar-refractivity contribution in [3.05, 3.63) is 77.6 Å². The molecule has 1 unspecified atom stereocenters. The van der Waals surface area contributed by atoms with Crippen LogP contribution in [0.2, 0.25) is 5.02 Å². The van der Waals surface area contributed by atoms with Gasteiger partial charge in [-0.15, -0.1) is 16.8 Å². The molecule has 0 radical (unpaired) electrons. The maximum absolute atomic E-state index is 12.3. The molecule has 0 saturated carbocycles. The van der Waals surface area contributed by atoms with Gasteiger partial charge in [-0.2, -0.15) is 0 Å². The van der Waals surface area contributed by atoms with E-state index in [9.17, 15) is 4.79 Å². The molecule has 1 atom stereocenters. The number of allylic oxidation sites excluding steroid dienone is 1. The number of hydrogen-bond donors (Lipinski definition) is 1. The Morgan fingerprint density at radius 1 is 1.22 bits per heavy atom. The van der Waals surface area contributed by atoms with Crippen LogP contribution in [-0.2, 0) is 17.9 Å². The number of carbonyl (C=O) groups excluding carboxylic acids is 1. The first-order valence-electron chi connectivity index (χ1n) is 9.99. The zero-order valence-corrected chi connectivity index (χ0v) is 19.5. The van der Waals surface area contributed by atoms with Crippen LogP contribution in [0.15, 0.2) is 66.3 Å². The smallest absolute Gasteiger partial charge is 0.230 e. The molecule has 0 aliphatic carbocycles. The molecule has 32 heavy (non-hydrogen) atoms. The summed E-state index contributed by atoms with van der Waals surface area (Å²) in [5.41, 5.74) is 0.979. The second kappa shape index (κ2) is 11.6. The minimum absolute atomic E-state index is 0.0991. The summed E-state index contributed by atoms with van der Waals surface area (Å²) >= 11 is 7.20. The highest BCUT2D eigenvalue weighted by atomic mass is 35.5. The van der Waals surface area contributed by atoms with E-state index in [-0.39, 0.29) is 17.8 Å². The van der Waals surface area contributed by atoms with Gasteiger partial charge in [-0.25, -0.2) is 0 Å². The standard InChI is InChI=1S/C23H25ClN4O3S/c1-4-13-28-22(16(2)31-20-8-6-5-7-19(20)30-3)26-27-23(28)32-15-21(29)25-14-17-9-11-18(24)12-10-17/h4-12,16H,1,13-15H2,2-3H3,(H,25,29). The molecule has 1 aromatic heterocycles. The van der Waals surface area contributed by atoms with Crippen LogP contribution >= 0.6 is 23.4 Å². The van der Waals surface area contributed by atoms with E-state index in [4.69, 9.17) is 21.1 Å². The van der Waals surface area contributed by atoms with Gasteiger partial charge in [-0.3, -0.25) is 9.36 Å². The predicted octanol–water partition coefficient (Wildman–Crippen LogP) is 4.67. The molecule has 0 aliphatic rings. The number of thioether (sulfide) groups is 1. The third-order valence-corrected chi connectivity index (χ3v) is 5.75. The van der Waals surface area contributed by atoms with Gasteiger partial charge in [0.15, 0.2) is 28.6 Å². The number of carbonyl (C=O) groups is 1. The third kappa shape index (κ3) is 6.27. The first-order valence-corrected chi connectivity index (χ1v) is 11.4. The number of nitrogens with zero attached hydrogens (tertiary/aromatic N) is 3. The number of hydrogen-bond acceptors (Lipinski definition) is 6. The molecule has 0 spiro atoms. The number of para-hydroxylation sites is 2. The third-order valence-electron chi connectivity index (χ3n) is 4.53. The quantitative estimate of drug-likeness (QED) is 0.322. The van der Waals surface area contributed by atoms with Crippen LogP contribution in [0.1, 0.15) is 24.4 Å². The molecule has 9 heteroatoms. The monoisotopic (exact) mass is 472 g/mol. The number of methoxy groups -OCH3 is 1. The fourth-order valence-electron chi connectivity index (χ4n) is 2.95. The van der Waals surface area contributed by atoms with Crippen LogP contribution in [0.4, 0.5) is 0 Å². The minimum Gasteiger partial charge on any atom is -0.493 e. The fourth-order valence-corrected chi connectivity index (χ4v) is 3.86. The Morgan fingerprint density at radius 2 is 1.94 bits per heavy atom. The summed E-state index contributed by atoms with van der Waals surface area (Å²) in [6, 6.07) is 14.8. The van der Waals surface area contributed by atoms with Crippen LogP contribution < -0.4 is 14.8 Å². The number of amides is 1. The number of benzene rings is 2. The Morgan fingerprint density at radius 3 is 2.62 bits per heavy atom. The first kappa shape index (κ1) is 23.7. The van der Waals surface area contributed by atoms with Crippen molar-refractivity contribution in [1.29, 1.82) is 0 Å². The lowest BCUT2D eigenvalue weighted by atomic mass is 10.2. The lowest BCUT2D eigenvalue weighted by Crippen LogP contribution is -2.24. The largest absolute Gasteiger partial charge is 0.493 e. The van der Waals surface area contributed by atoms with Gasteiger partial charge < -0.3 is 14.8 Å². The molecular formula is C23H25ClN4O3S. The van der Waals surface area contributed by atoms with Gasteiger partial charge in [-0.05, 0) is 36.8 Å². The van der Waals surface area contributed by atoms with E-state index >= 15 is 0 Å². The Bertz CT molecular complexity index is 1060. The van der Waals surface area contributed by atoms with E-state index in [2.05, 4.69) is 22.1 Å². The predicted molar refractivity (Wildman–Crippen MR) is 126 cm³/mol. The van der Waals surface area contributed by atoms with Crippen LogP contribution in [0.3, 0.4) is 0 Å². The average Bonchev–Trinajstić information content (AvgIpc) is 3.20. The summed E-state index contributed by atoms with van der Waals surface area (Å²) < 4.78 is 13.3. The maximum atomic E-state index is 12.3. The van der Waals surface area contributed by atoms with Gasteiger partial charge in [0.2, 0.25) is 5.91 Å². The van der Waals surface area contributed by atoms with Crippen LogP contribution in [0, 0.1) is 0 Å². The molecule has 3 rings (SSSR count). The molecule has 0 aliphatic heterocycles. The van der Waals surface area contributed by atoms with Gasteiger partial charge >= 0.3 is 0 Å². The lowest BCUT2D eigenvalue weighted by molar-refractivity contribution is -0.118. The van der Waals surface area contributed by atoms with E-state index in [1.54, 1.807) is 25.3 Å². The summed E-state index contributed by atoms with van der Waals surface area (Å²) in [5, 5.41) is 12.7. The molecule has 7 nitrogen and oxygen atoms in total. The highest BCUT2D eigenvalue weighted by Crippen LogP contribution is 2.31. The summed E-state index contributed by atoms with van der Waals surface area (Å²) in [6.07, 6.45) is 1.37. The maximum Gasteiger partial charge on any atom is 0.230 e. The van der Waals surface area contributed by atoms with Gasteiger partial charge in [0.05, 0.1) is 12.9 Å². The van der Waals surface area contributed by atoms with E-state index in [0.29, 0.717) is 40.6 Å². The Hall–Kier alpha value is -2.97. The fraction of sp³-hybridized carbons (Fsp3) is 0.261. The van der Waals surface area contributed by atoms with Gasteiger partial charge in [0.1, 0.15) is 0 Å². The molecule has 0 saturated heterocycles. The van der Waals surface area contributed by atoms with Crippen molar-refractivity contribution in [3.63, 3.8) is 0 Å². The number of ether oxygens (including phenoxy) is 2. The Balaban J connectivity index is 1.62. The second-order valence-corrected chi connectivity index (χ2v) is 8.22. The highest BCUT2D eigenvalue weighted by Gasteiger charge is 2.20. The van der Waals surface area contributed by atoms with Crippen molar-refractivity contribution in [2.24, 2.45) is 0 Å². The number of nitrogens with one attached hydrogen (secondary N) is 1. The molecule has 2 aromatic carbocycles. The van der Waals surface area contributed by atoms with Crippen LogP contribution in [0.25, 0.3) is 0 Å². The molecular weight excluding hydrogens is 448 g/mol. The SMILES string of the molecule is C=CCn1c(SCC(=O)NCc2ccc(Cl)cc2)nnc1C(C)Oc1ccccc1OC. The van der Waals surface area contributed by atoms with Crippen LogP contribution in [0.5, 0.6) is 11.5 Å². The highest BCUT2D eigenvalue weighted by molar-refractivity contribution is 7.99. The molecule has 1 amide bonds. The first-order chi connectivity index (χ1) is 15.5. The summed E-state index contributed by atoms with van der Waals surface area (Å²) in [4.78, 5) is 12.3. The second-order valence-electron chi connectivity index (χ2n) is 6.84. The van der Waals surface area contributed by atoms with Crippen LogP contribution in [-0.4, -0.2) is 33.5 Å². The van der Waals surface area contributed by atoms with E-state index in [1.165, 1.54) is 11.8 Å². The summed E-state index contributed by atoms with van der Waals surface area (Å²) in [7, 11) is 1.60. The molecule has 3 aromatic rings. The van der Waals surface area contributed by atoms with Crippen molar-refractivity contribution in [3.8, 4) is 11.5 Å². The number of halogens is 1. The van der Waals surface area contributed by atoms with Crippen molar-refractivity contribution >= 4 is 29.3 Å². The molecule has 0 fully saturated rings. The van der Waals surface area contributed by atoms with E-state index in [1.807, 2.05) is 47.9 Å². The molecule has 1 heterocycles. The summed E-state index contributed by atoms with van der Waals surface area (Å²) in [6.45, 7) is 6.64. The zero-order chi connectivity index (χ0) is 22.9. The average molecular weight is 473 g/mol. The van der Waals surface area contributed by atoms with E-state index in [0.717, 1.165) is 5.56 Å². The van der Waals surface area contributed by atoms with Crippen molar-refractivity contribution in [1.82, 2.24) is 20.1 Å². The lowest BCUT2D eigenvalue weighted by Gasteiger charge is -2.17. The van der Waals surface area contributed by atoms with Crippen molar-refractivity contribution in [2.75, 3.05) is 12.9 Å². The molecule has 0 bridgehead atoms. The Labute approximate surface area is 196 Å². The molecule has 168 valence electrons. The van der Waals surface area contributed by atoms with E-state index < -0.39 is 0 Å². The summed E-state index contributed by atoms with van der Waals surface area (Å²) in [5.74, 6) is 2.01. The van der Waals surface area contributed by atoms with Crippen molar-refractivity contribution in [2.45, 2.75) is 31.3 Å². The Kier molecular flexibility index (Phi) is 8.58. The molecule has 1 N–H and O–H groups in total. The van der Waals surface area contributed by atoms with Gasteiger partial charge in [-0.1, -0.05) is 53.7 Å². The normalized spacial score (nSPS) is 11.6. The van der Waals surface area contributed by atoms with Gasteiger partial charge in [0.25, 0.3) is 0 Å². The topological polar surface area (TPSA) is 78.3 Å². The minimum atomic E-state index is -0.383. The number of aromatic nitrogens is 3. The zero-order valence-electron chi connectivity index (χ0n) is 18.0. The van der Waals surface area contributed by atoms with Crippen molar-refractivity contribution < 1.29 is 14.3 Å². The number of rotatable bonds is 11.